The Bertz CT molecular complexity index is 3010. The van der Waals surface area contributed by atoms with E-state index in [1.54, 1.807) is 36.4 Å². The van der Waals surface area contributed by atoms with Crippen LogP contribution in [0.25, 0.3) is 38.5 Å². The normalized spacial score (nSPS) is 13.9. The molecule has 0 unspecified atom stereocenters. The van der Waals surface area contributed by atoms with E-state index in [1.807, 2.05) is 107 Å². The summed E-state index contributed by atoms with van der Waals surface area (Å²) in [6.45, 7) is 0.241. The second-order valence-electron chi connectivity index (χ2n) is 13.2. The Labute approximate surface area is 339 Å². The van der Waals surface area contributed by atoms with Gasteiger partial charge in [0.1, 0.15) is 9.60 Å². The maximum atomic E-state index is 12.5. The van der Waals surface area contributed by atoms with Gasteiger partial charge in [0.15, 0.2) is 6.54 Å². The number of hydrogen-bond acceptors (Lipinski definition) is 7. The van der Waals surface area contributed by atoms with Crippen molar-refractivity contribution in [2.24, 2.45) is 0 Å². The van der Waals surface area contributed by atoms with Gasteiger partial charge in [-0.25, -0.2) is 0 Å². The van der Waals surface area contributed by atoms with E-state index in [9.17, 15) is 25.9 Å². The van der Waals surface area contributed by atoms with Crippen molar-refractivity contribution in [3.05, 3.63) is 178 Å². The molecule has 0 amide bonds. The molecule has 1 aromatic heterocycles. The van der Waals surface area contributed by atoms with Gasteiger partial charge in [-0.1, -0.05) is 138 Å². The summed E-state index contributed by atoms with van der Waals surface area (Å²) in [4.78, 5) is 2.57. The van der Waals surface area contributed by atoms with Crippen LogP contribution in [-0.4, -0.2) is 25.9 Å². The molecule has 0 bridgehead atoms. The van der Waals surface area contributed by atoms with Gasteiger partial charge < -0.3 is 4.90 Å². The summed E-state index contributed by atoms with van der Waals surface area (Å²) in [6, 6.07) is 44.9. The van der Waals surface area contributed by atoms with Crippen LogP contribution >= 0.6 is 23.1 Å². The highest BCUT2D eigenvalue weighted by Crippen LogP contribution is 2.49. The first-order valence-electron chi connectivity index (χ1n) is 17.6. The molecule has 0 spiro atoms. The fourth-order valence-electron chi connectivity index (χ4n) is 6.87. The fraction of sp³-hybridized carbons (Fsp3) is 0.0444. The monoisotopic (exact) mass is 825 g/mol. The van der Waals surface area contributed by atoms with Crippen LogP contribution in [0.3, 0.4) is 0 Å². The molecule has 1 aliphatic rings. The molecule has 6 aromatic carbocycles. The maximum absolute atomic E-state index is 12.5. The van der Waals surface area contributed by atoms with Crippen molar-refractivity contribution in [1.29, 1.82) is 0 Å². The van der Waals surface area contributed by atoms with Crippen LogP contribution in [-0.2, 0) is 33.3 Å². The molecular formula is C45H33N2O6S4+. The lowest BCUT2D eigenvalue weighted by atomic mass is 10.0. The summed E-state index contributed by atoms with van der Waals surface area (Å²) in [5.41, 5.74) is 7.01. The third-order valence-corrected chi connectivity index (χ3v) is 13.7. The third-order valence-electron chi connectivity index (χ3n) is 9.56. The molecule has 0 fully saturated rings. The minimum absolute atomic E-state index is 0.120. The quantitative estimate of drug-likeness (QED) is 0.0796. The number of nitrogens with zero attached hydrogens (tertiary/aromatic N) is 2. The van der Waals surface area contributed by atoms with E-state index in [1.165, 1.54) is 35.2 Å². The van der Waals surface area contributed by atoms with E-state index < -0.39 is 20.2 Å². The lowest BCUT2D eigenvalue weighted by Crippen LogP contribution is -2.36. The van der Waals surface area contributed by atoms with Crippen LogP contribution in [0.1, 0.15) is 16.1 Å². The van der Waals surface area contributed by atoms with E-state index >= 15 is 0 Å². The molecule has 0 atom stereocenters. The van der Waals surface area contributed by atoms with Gasteiger partial charge in [-0.3, -0.25) is 9.11 Å². The zero-order valence-corrected chi connectivity index (χ0v) is 33.3. The summed E-state index contributed by atoms with van der Waals surface area (Å²) in [5.74, 6) is 2.84. The first kappa shape index (κ1) is 38.1. The van der Waals surface area contributed by atoms with Crippen LogP contribution in [0.5, 0.6) is 0 Å². The van der Waals surface area contributed by atoms with Gasteiger partial charge in [-0.05, 0) is 64.2 Å². The summed E-state index contributed by atoms with van der Waals surface area (Å²) >= 11 is 2.98. The number of thioether (sulfide) groups is 1. The Morgan fingerprint density at radius 1 is 0.684 bits per heavy atom. The van der Waals surface area contributed by atoms with Crippen molar-refractivity contribution in [2.75, 3.05) is 4.90 Å². The number of thiazole rings is 1. The minimum Gasteiger partial charge on any atom is -0.330 e. The minimum atomic E-state index is -4.52. The molecule has 0 aliphatic carbocycles. The highest BCUT2D eigenvalue weighted by atomic mass is 32.2. The van der Waals surface area contributed by atoms with Gasteiger partial charge in [0.05, 0.1) is 22.2 Å². The van der Waals surface area contributed by atoms with Gasteiger partial charge in [-0.15, -0.1) is 6.42 Å². The SMILES string of the molecule is C#CC(=Cc1sc2ccc(-c3ccccc3)cc2[n+]1Cc1ccccc1S(=O)(=O)O)C=C1Sc2ccc(-c3ccccc3)cc2N1Cc1ccccc1S(=O)(=O)O. The third kappa shape index (κ3) is 8.08. The van der Waals surface area contributed by atoms with Crippen LogP contribution in [0, 0.1) is 12.3 Å². The number of aromatic nitrogens is 1. The predicted molar refractivity (Wildman–Crippen MR) is 228 cm³/mol. The van der Waals surface area contributed by atoms with E-state index in [0.717, 1.165) is 53.1 Å². The maximum Gasteiger partial charge on any atom is 0.295 e. The number of benzene rings is 6. The second-order valence-corrected chi connectivity index (χ2v) is 18.1. The highest BCUT2D eigenvalue weighted by Gasteiger charge is 2.29. The molecule has 1 aliphatic heterocycles. The van der Waals surface area contributed by atoms with Gasteiger partial charge in [0.2, 0.25) is 5.52 Å². The van der Waals surface area contributed by atoms with Crippen LogP contribution in [0.2, 0.25) is 0 Å². The average Bonchev–Trinajstić information content (AvgIpc) is 3.73. The Balaban J connectivity index is 1.27. The number of terminal acetylenes is 1. The number of fused-ring (bicyclic) bond motifs is 2. The number of rotatable bonds is 10. The first-order valence-corrected chi connectivity index (χ1v) is 22.1. The fourth-order valence-corrected chi connectivity index (χ4v) is 10.5. The molecule has 2 N–H and O–H groups in total. The van der Waals surface area contributed by atoms with E-state index in [0.29, 0.717) is 16.7 Å². The number of allylic oxidation sites excluding steroid dienone is 2. The number of anilines is 1. The van der Waals surface area contributed by atoms with Crippen molar-refractivity contribution < 1.29 is 30.5 Å². The topological polar surface area (TPSA) is 116 Å². The van der Waals surface area contributed by atoms with E-state index in [2.05, 4.69) is 18.1 Å². The molecule has 0 radical (unpaired) electrons. The molecule has 2 heterocycles. The zero-order valence-electron chi connectivity index (χ0n) is 30.1. The van der Waals surface area contributed by atoms with Gasteiger partial charge in [0.25, 0.3) is 25.2 Å². The smallest absolute Gasteiger partial charge is 0.295 e. The molecule has 0 saturated carbocycles. The Morgan fingerprint density at radius 2 is 1.25 bits per heavy atom. The molecule has 57 heavy (non-hydrogen) atoms. The molecule has 12 heteroatoms. The molecule has 7 aromatic rings. The second kappa shape index (κ2) is 15.6. The highest BCUT2D eigenvalue weighted by molar-refractivity contribution is 8.03. The first-order chi connectivity index (χ1) is 27.5. The van der Waals surface area contributed by atoms with Gasteiger partial charge in [-0.2, -0.15) is 21.4 Å². The lowest BCUT2D eigenvalue weighted by molar-refractivity contribution is -0.660. The standard InChI is InChI=1S/C45H32N2O6S4/c1-2-31(25-44-46(29-36-17-9-11-19-42(36)56(48,49)50)38-27-34(21-23-40(38)54-44)32-13-5-3-6-14-32)26-45-47(30-37-18-10-12-20-43(37)57(51,52)53)39-28-35(22-24-41(39)55-45)33-15-7-4-8-16-33/h1,3-28H,29-30H2,(H-,48,49,50,51,52,53)/p+1. The summed E-state index contributed by atoms with van der Waals surface area (Å²) in [5, 5.41) is 1.47. The summed E-state index contributed by atoms with van der Waals surface area (Å²) < 4.78 is 73.1. The van der Waals surface area contributed by atoms with Gasteiger partial charge in [0, 0.05) is 28.2 Å². The summed E-state index contributed by atoms with van der Waals surface area (Å²) in [6.07, 6.45) is 9.99. The predicted octanol–water partition coefficient (Wildman–Crippen LogP) is 9.74. The largest absolute Gasteiger partial charge is 0.330 e. The molecule has 0 saturated heterocycles. The van der Waals surface area contributed by atoms with Crippen molar-refractivity contribution in [3.8, 4) is 34.6 Å². The van der Waals surface area contributed by atoms with Crippen molar-refractivity contribution in [1.82, 2.24) is 0 Å². The lowest BCUT2D eigenvalue weighted by Gasteiger charge is -2.22. The Hall–Kier alpha value is -5.78. The molecular weight excluding hydrogens is 793 g/mol. The van der Waals surface area contributed by atoms with Crippen molar-refractivity contribution in [2.45, 2.75) is 27.8 Å². The average molecular weight is 826 g/mol. The van der Waals surface area contributed by atoms with Crippen LogP contribution in [0.15, 0.2) is 177 Å². The van der Waals surface area contributed by atoms with Crippen LogP contribution < -0.4 is 9.47 Å². The van der Waals surface area contributed by atoms with Crippen molar-refractivity contribution >= 4 is 65.3 Å². The number of hydrogen-bond donors (Lipinski definition) is 2. The summed E-state index contributed by atoms with van der Waals surface area (Å²) in [7, 11) is -9.04. The van der Waals surface area contributed by atoms with Crippen molar-refractivity contribution in [3.63, 3.8) is 0 Å². The van der Waals surface area contributed by atoms with Gasteiger partial charge >= 0.3 is 0 Å². The zero-order chi connectivity index (χ0) is 39.7. The van der Waals surface area contributed by atoms with E-state index in [4.69, 9.17) is 6.42 Å². The molecule has 8 nitrogen and oxygen atoms in total. The van der Waals surface area contributed by atoms with Crippen LogP contribution in [0.4, 0.5) is 5.69 Å². The molecule has 8 rings (SSSR count). The Morgan fingerprint density at radius 3 is 1.88 bits per heavy atom. The molecule has 282 valence electrons. The van der Waals surface area contributed by atoms with E-state index in [-0.39, 0.29) is 22.9 Å². The Kier molecular flexibility index (Phi) is 10.5.